The number of fused-ring (bicyclic) bond motifs is 1. The lowest BCUT2D eigenvalue weighted by Crippen LogP contribution is -2.10. The fraction of sp³-hybridized carbons (Fsp3) is 0.353. The van der Waals surface area contributed by atoms with Crippen molar-refractivity contribution in [3.8, 4) is 6.07 Å². The number of ether oxygens (including phenoxy) is 1. The van der Waals surface area contributed by atoms with Crippen molar-refractivity contribution in [3.63, 3.8) is 0 Å². The second kappa shape index (κ2) is 5.94. The van der Waals surface area contributed by atoms with Gasteiger partial charge in [-0.25, -0.2) is 0 Å². The van der Waals surface area contributed by atoms with Crippen LogP contribution in [0.2, 0.25) is 0 Å². The minimum absolute atomic E-state index is 0.719. The average molecular weight is 266 g/mol. The lowest BCUT2D eigenvalue weighted by atomic mass is 10.0. The first-order valence-corrected chi connectivity index (χ1v) is 7.12. The molecule has 3 nitrogen and oxygen atoms in total. The van der Waals surface area contributed by atoms with E-state index in [0.717, 1.165) is 47.7 Å². The summed E-state index contributed by atoms with van der Waals surface area (Å²) in [4.78, 5) is 0. The number of anilines is 1. The first kappa shape index (κ1) is 13.0. The van der Waals surface area contributed by atoms with Crippen LogP contribution in [-0.2, 0) is 4.74 Å². The van der Waals surface area contributed by atoms with E-state index in [-0.39, 0.29) is 0 Å². The summed E-state index contributed by atoms with van der Waals surface area (Å²) < 4.78 is 5.62. The van der Waals surface area contributed by atoms with Crippen molar-refractivity contribution in [2.45, 2.75) is 12.8 Å². The normalized spacial score (nSPS) is 14.2. The fourth-order valence-electron chi connectivity index (χ4n) is 2.34. The van der Waals surface area contributed by atoms with E-state index in [0.29, 0.717) is 0 Å². The minimum Gasteiger partial charge on any atom is -0.382 e. The third-order valence-corrected chi connectivity index (χ3v) is 3.66. The molecule has 102 valence electrons. The molecule has 0 bridgehead atoms. The molecule has 0 unspecified atom stereocenters. The number of nitrogens with zero attached hydrogens (tertiary/aromatic N) is 1. The highest BCUT2D eigenvalue weighted by Gasteiger charge is 2.20. The Bertz CT molecular complexity index is 641. The molecule has 0 saturated heterocycles. The molecule has 0 aliphatic heterocycles. The molecule has 0 aromatic heterocycles. The molecule has 3 rings (SSSR count). The summed E-state index contributed by atoms with van der Waals surface area (Å²) in [6.07, 6.45) is 2.65. The number of hydrogen-bond donors (Lipinski definition) is 1. The molecule has 1 fully saturated rings. The predicted molar refractivity (Wildman–Crippen MR) is 80.7 cm³/mol. The average Bonchev–Trinajstić information content (AvgIpc) is 3.31. The summed E-state index contributed by atoms with van der Waals surface area (Å²) in [5.41, 5.74) is 1.78. The molecular weight excluding hydrogens is 248 g/mol. The van der Waals surface area contributed by atoms with Gasteiger partial charge in [0, 0.05) is 29.6 Å². The van der Waals surface area contributed by atoms with Crippen molar-refractivity contribution in [3.05, 3.63) is 42.0 Å². The van der Waals surface area contributed by atoms with Gasteiger partial charge >= 0.3 is 0 Å². The van der Waals surface area contributed by atoms with Gasteiger partial charge in [0.25, 0.3) is 0 Å². The molecule has 0 radical (unpaired) electrons. The van der Waals surface area contributed by atoms with Crippen LogP contribution < -0.4 is 5.32 Å². The van der Waals surface area contributed by atoms with E-state index in [2.05, 4.69) is 11.4 Å². The highest BCUT2D eigenvalue weighted by molar-refractivity contribution is 5.97. The van der Waals surface area contributed by atoms with Crippen LogP contribution in [0.15, 0.2) is 36.4 Å². The van der Waals surface area contributed by atoms with E-state index >= 15 is 0 Å². The van der Waals surface area contributed by atoms with Gasteiger partial charge in [-0.1, -0.05) is 24.3 Å². The minimum atomic E-state index is 0.719. The molecule has 2 aromatic carbocycles. The van der Waals surface area contributed by atoms with Crippen LogP contribution in [0.1, 0.15) is 18.4 Å². The quantitative estimate of drug-likeness (QED) is 0.813. The van der Waals surface area contributed by atoms with E-state index in [1.165, 1.54) is 12.8 Å². The molecular formula is C17H18N2O. The van der Waals surface area contributed by atoms with Gasteiger partial charge in [-0.15, -0.1) is 0 Å². The van der Waals surface area contributed by atoms with Gasteiger partial charge in [-0.3, -0.25) is 0 Å². The summed E-state index contributed by atoms with van der Waals surface area (Å²) >= 11 is 0. The zero-order valence-corrected chi connectivity index (χ0v) is 11.4. The van der Waals surface area contributed by atoms with E-state index in [4.69, 9.17) is 10.00 Å². The van der Waals surface area contributed by atoms with Crippen LogP contribution in [0.5, 0.6) is 0 Å². The summed E-state index contributed by atoms with van der Waals surface area (Å²) in [5, 5.41) is 14.6. The Labute approximate surface area is 119 Å². The van der Waals surface area contributed by atoms with Gasteiger partial charge < -0.3 is 10.1 Å². The second-order valence-corrected chi connectivity index (χ2v) is 5.26. The second-order valence-electron chi connectivity index (χ2n) is 5.26. The van der Waals surface area contributed by atoms with E-state index in [1.807, 2.05) is 36.4 Å². The highest BCUT2D eigenvalue weighted by atomic mass is 16.5. The Morgan fingerprint density at radius 3 is 2.70 bits per heavy atom. The predicted octanol–water partition coefficient (Wildman–Crippen LogP) is 3.55. The van der Waals surface area contributed by atoms with Gasteiger partial charge in [-0.2, -0.15) is 5.26 Å². The number of benzene rings is 2. The van der Waals surface area contributed by atoms with Crippen LogP contribution in [0.3, 0.4) is 0 Å². The molecule has 0 atom stereocenters. The molecule has 0 amide bonds. The van der Waals surface area contributed by atoms with Crippen LogP contribution in [0.4, 0.5) is 5.69 Å². The number of rotatable bonds is 6. The van der Waals surface area contributed by atoms with E-state index in [9.17, 15) is 0 Å². The first-order chi connectivity index (χ1) is 9.88. The van der Waals surface area contributed by atoms with Crippen molar-refractivity contribution in [1.82, 2.24) is 0 Å². The van der Waals surface area contributed by atoms with Crippen molar-refractivity contribution < 1.29 is 4.74 Å². The smallest absolute Gasteiger partial charge is 0.0998 e. The maximum absolute atomic E-state index is 9.14. The Balaban J connectivity index is 1.66. The van der Waals surface area contributed by atoms with Gasteiger partial charge in [0.05, 0.1) is 18.2 Å². The summed E-state index contributed by atoms with van der Waals surface area (Å²) in [5.74, 6) is 0.811. The number of nitrogens with one attached hydrogen (secondary N) is 1. The Morgan fingerprint density at radius 2 is 1.95 bits per heavy atom. The van der Waals surface area contributed by atoms with Crippen LogP contribution in [0.25, 0.3) is 10.8 Å². The van der Waals surface area contributed by atoms with Crippen molar-refractivity contribution in [2.75, 3.05) is 25.1 Å². The molecule has 0 heterocycles. The van der Waals surface area contributed by atoms with Crippen molar-refractivity contribution >= 4 is 16.5 Å². The monoisotopic (exact) mass is 266 g/mol. The summed E-state index contributed by atoms with van der Waals surface area (Å²) in [6, 6.07) is 14.1. The van der Waals surface area contributed by atoms with Crippen LogP contribution >= 0.6 is 0 Å². The topological polar surface area (TPSA) is 45.0 Å². The zero-order chi connectivity index (χ0) is 13.8. The van der Waals surface area contributed by atoms with Gasteiger partial charge in [0.1, 0.15) is 0 Å². The molecule has 3 heteroatoms. The van der Waals surface area contributed by atoms with Crippen molar-refractivity contribution in [1.29, 1.82) is 5.26 Å². The molecule has 1 N–H and O–H groups in total. The van der Waals surface area contributed by atoms with Crippen LogP contribution in [0, 0.1) is 17.2 Å². The standard InChI is InChI=1S/C17H18N2O/c18-11-14-7-8-17(16-4-2-1-3-15(14)16)19-9-10-20-12-13-5-6-13/h1-4,7-8,13,19H,5-6,9-10,12H2. The van der Waals surface area contributed by atoms with E-state index in [1.54, 1.807) is 0 Å². The Hall–Kier alpha value is -2.05. The third-order valence-electron chi connectivity index (χ3n) is 3.66. The molecule has 1 aliphatic rings. The SMILES string of the molecule is N#Cc1ccc(NCCOCC2CC2)c2ccccc12. The number of hydrogen-bond acceptors (Lipinski definition) is 3. The third kappa shape index (κ3) is 2.92. The molecule has 2 aromatic rings. The van der Waals surface area contributed by atoms with Gasteiger partial charge in [0.2, 0.25) is 0 Å². The summed E-state index contributed by atoms with van der Waals surface area (Å²) in [6.45, 7) is 2.42. The Morgan fingerprint density at radius 1 is 1.15 bits per heavy atom. The lowest BCUT2D eigenvalue weighted by molar-refractivity contribution is 0.134. The zero-order valence-electron chi connectivity index (χ0n) is 11.4. The summed E-state index contributed by atoms with van der Waals surface area (Å²) in [7, 11) is 0. The molecule has 1 saturated carbocycles. The molecule has 1 aliphatic carbocycles. The number of nitriles is 1. The lowest BCUT2D eigenvalue weighted by Gasteiger charge is -2.11. The Kier molecular flexibility index (Phi) is 3.85. The maximum atomic E-state index is 9.14. The van der Waals surface area contributed by atoms with Crippen LogP contribution in [-0.4, -0.2) is 19.8 Å². The highest BCUT2D eigenvalue weighted by Crippen LogP contribution is 2.29. The molecule has 0 spiro atoms. The van der Waals surface area contributed by atoms with E-state index < -0.39 is 0 Å². The first-order valence-electron chi connectivity index (χ1n) is 7.12. The fourth-order valence-corrected chi connectivity index (χ4v) is 2.34. The largest absolute Gasteiger partial charge is 0.382 e. The maximum Gasteiger partial charge on any atom is 0.0998 e. The van der Waals surface area contributed by atoms with Gasteiger partial charge in [0.15, 0.2) is 0 Å². The molecule has 20 heavy (non-hydrogen) atoms. The van der Waals surface area contributed by atoms with Crippen molar-refractivity contribution in [2.24, 2.45) is 5.92 Å². The van der Waals surface area contributed by atoms with Gasteiger partial charge in [-0.05, 0) is 30.9 Å².